The zero-order chi connectivity index (χ0) is 19.5. The van der Waals surface area contributed by atoms with Gasteiger partial charge in [-0.2, -0.15) is 4.98 Å². The molecule has 0 bridgehead atoms. The second-order valence-corrected chi connectivity index (χ2v) is 8.13. The number of rotatable bonds is 5. The van der Waals surface area contributed by atoms with E-state index < -0.39 is 6.23 Å². The number of hydrogen-bond acceptors (Lipinski definition) is 7. The molecule has 0 saturated carbocycles. The Bertz CT molecular complexity index is 1010. The standard InChI is InChI=1S/C20H17BrN4O2S/c1-2-11-28-20-23-18-16(24-25-20)14-5-3-4-6-15(14)22-19(27-18)17(26)12-7-9-13(21)10-8-12/h3-10,19,22H,2,11H2,1H3/t19-/m0/s1. The maximum atomic E-state index is 13.1. The largest absolute Gasteiger partial charge is 0.444 e. The molecule has 0 amide bonds. The predicted octanol–water partition coefficient (Wildman–Crippen LogP) is 4.82. The summed E-state index contributed by atoms with van der Waals surface area (Å²) in [6.45, 7) is 2.09. The molecule has 8 heteroatoms. The van der Waals surface area contributed by atoms with E-state index in [1.165, 1.54) is 11.8 Å². The lowest BCUT2D eigenvalue weighted by molar-refractivity contribution is 0.0823. The van der Waals surface area contributed by atoms with Gasteiger partial charge in [-0.05, 0) is 24.6 Å². The van der Waals surface area contributed by atoms with Crippen LogP contribution >= 0.6 is 27.7 Å². The number of Topliss-reactive ketones (excluding diaryl/α,β-unsaturated/α-hetero) is 1. The van der Waals surface area contributed by atoms with Crippen LogP contribution in [-0.4, -0.2) is 32.9 Å². The van der Waals surface area contributed by atoms with E-state index >= 15 is 0 Å². The molecule has 0 radical (unpaired) electrons. The first-order valence-corrected chi connectivity index (χ1v) is 10.6. The number of nitrogens with zero attached hydrogens (tertiary/aromatic N) is 3. The second-order valence-electron chi connectivity index (χ2n) is 6.16. The number of carbonyl (C=O) groups is 1. The van der Waals surface area contributed by atoms with Gasteiger partial charge in [-0.25, -0.2) is 0 Å². The highest BCUT2D eigenvalue weighted by Crippen LogP contribution is 2.36. The first kappa shape index (κ1) is 18.9. The highest BCUT2D eigenvalue weighted by Gasteiger charge is 2.30. The van der Waals surface area contributed by atoms with Gasteiger partial charge in [0, 0.05) is 27.0 Å². The Labute approximate surface area is 175 Å². The Balaban J connectivity index is 1.74. The van der Waals surface area contributed by atoms with Crippen molar-refractivity contribution in [1.82, 2.24) is 15.2 Å². The van der Waals surface area contributed by atoms with Crippen LogP contribution in [0.1, 0.15) is 23.7 Å². The van der Waals surface area contributed by atoms with E-state index in [4.69, 9.17) is 4.74 Å². The smallest absolute Gasteiger partial charge is 0.247 e. The number of ketones is 1. The molecule has 3 aromatic rings. The molecule has 142 valence electrons. The van der Waals surface area contributed by atoms with Crippen molar-refractivity contribution in [3.05, 3.63) is 58.6 Å². The number of thioether (sulfide) groups is 1. The SMILES string of the molecule is CCCSc1nnc2c(n1)O[C@@H](C(=O)c1ccc(Br)cc1)Nc1ccccc1-2. The number of ether oxygens (including phenoxy) is 1. The van der Waals surface area contributed by atoms with Gasteiger partial charge in [-0.15, -0.1) is 10.2 Å². The number of carbonyl (C=O) groups excluding carboxylic acids is 1. The molecular weight excluding hydrogens is 440 g/mol. The minimum absolute atomic E-state index is 0.184. The third kappa shape index (κ3) is 3.88. The van der Waals surface area contributed by atoms with Gasteiger partial charge in [0.25, 0.3) is 0 Å². The number of nitrogens with one attached hydrogen (secondary N) is 1. The van der Waals surface area contributed by atoms with Crippen molar-refractivity contribution in [3.8, 4) is 17.1 Å². The molecule has 1 aliphatic rings. The van der Waals surface area contributed by atoms with E-state index in [1.54, 1.807) is 12.1 Å². The van der Waals surface area contributed by atoms with Crippen LogP contribution in [0.25, 0.3) is 11.3 Å². The normalized spacial score (nSPS) is 14.9. The Morgan fingerprint density at radius 3 is 2.75 bits per heavy atom. The Morgan fingerprint density at radius 1 is 1.18 bits per heavy atom. The molecule has 2 heterocycles. The van der Waals surface area contributed by atoms with Crippen LogP contribution in [0.4, 0.5) is 5.69 Å². The number of anilines is 1. The number of para-hydroxylation sites is 1. The maximum Gasteiger partial charge on any atom is 0.247 e. The van der Waals surface area contributed by atoms with E-state index in [1.807, 2.05) is 36.4 Å². The fourth-order valence-corrected chi connectivity index (χ4v) is 3.68. The Hall–Kier alpha value is -2.45. The third-order valence-corrected chi connectivity index (χ3v) is 5.71. The van der Waals surface area contributed by atoms with Gasteiger partial charge in [-0.1, -0.05) is 64.9 Å². The quantitative estimate of drug-likeness (QED) is 0.435. The van der Waals surface area contributed by atoms with Crippen LogP contribution in [0.3, 0.4) is 0 Å². The van der Waals surface area contributed by atoms with Gasteiger partial charge in [0.05, 0.1) is 0 Å². The summed E-state index contributed by atoms with van der Waals surface area (Å²) in [6.07, 6.45) is 0.0883. The summed E-state index contributed by atoms with van der Waals surface area (Å²) in [5.41, 5.74) is 2.62. The Morgan fingerprint density at radius 2 is 1.96 bits per heavy atom. The van der Waals surface area contributed by atoms with Crippen molar-refractivity contribution in [2.24, 2.45) is 0 Å². The number of fused-ring (bicyclic) bond motifs is 3. The van der Waals surface area contributed by atoms with Crippen molar-refractivity contribution in [1.29, 1.82) is 0 Å². The lowest BCUT2D eigenvalue weighted by Gasteiger charge is -2.17. The van der Waals surface area contributed by atoms with Gasteiger partial charge in [0.1, 0.15) is 0 Å². The second kappa shape index (κ2) is 8.28. The first-order valence-electron chi connectivity index (χ1n) is 8.85. The van der Waals surface area contributed by atoms with E-state index in [0.29, 0.717) is 22.3 Å². The summed E-state index contributed by atoms with van der Waals surface area (Å²) in [4.78, 5) is 17.6. The summed E-state index contributed by atoms with van der Waals surface area (Å²) in [7, 11) is 0. The lowest BCUT2D eigenvalue weighted by Crippen LogP contribution is -2.35. The summed E-state index contributed by atoms with van der Waals surface area (Å²) in [6, 6.07) is 14.8. The van der Waals surface area contributed by atoms with E-state index in [0.717, 1.165) is 27.9 Å². The minimum atomic E-state index is -0.913. The highest BCUT2D eigenvalue weighted by atomic mass is 79.9. The monoisotopic (exact) mass is 456 g/mol. The highest BCUT2D eigenvalue weighted by molar-refractivity contribution is 9.10. The molecule has 1 aliphatic heterocycles. The molecule has 1 atom stereocenters. The molecule has 2 aromatic carbocycles. The van der Waals surface area contributed by atoms with Crippen LogP contribution in [-0.2, 0) is 0 Å². The summed E-state index contributed by atoms with van der Waals surface area (Å²) in [5, 5.41) is 12.3. The van der Waals surface area contributed by atoms with Crippen LogP contribution in [0.5, 0.6) is 5.88 Å². The average molecular weight is 457 g/mol. The maximum absolute atomic E-state index is 13.1. The van der Waals surface area contributed by atoms with Crippen LogP contribution in [0.15, 0.2) is 58.2 Å². The lowest BCUT2D eigenvalue weighted by atomic mass is 10.1. The zero-order valence-corrected chi connectivity index (χ0v) is 17.5. The van der Waals surface area contributed by atoms with Gasteiger partial charge >= 0.3 is 0 Å². The van der Waals surface area contributed by atoms with E-state index in [2.05, 4.69) is 43.4 Å². The molecular formula is C20H17BrN4O2S. The van der Waals surface area contributed by atoms with Crippen molar-refractivity contribution in [2.75, 3.05) is 11.1 Å². The number of aromatic nitrogens is 3. The summed E-state index contributed by atoms with van der Waals surface area (Å²) < 4.78 is 6.91. The number of benzene rings is 2. The van der Waals surface area contributed by atoms with Gasteiger partial charge in [0.15, 0.2) is 5.69 Å². The predicted molar refractivity (Wildman–Crippen MR) is 113 cm³/mol. The molecule has 6 nitrogen and oxygen atoms in total. The molecule has 0 fully saturated rings. The van der Waals surface area contributed by atoms with Crippen molar-refractivity contribution in [3.63, 3.8) is 0 Å². The van der Waals surface area contributed by atoms with Crippen LogP contribution in [0, 0.1) is 0 Å². The van der Waals surface area contributed by atoms with Crippen molar-refractivity contribution >= 4 is 39.2 Å². The van der Waals surface area contributed by atoms with Gasteiger partial charge in [-0.3, -0.25) is 4.79 Å². The summed E-state index contributed by atoms with van der Waals surface area (Å²) in [5.74, 6) is 1.01. The number of hydrogen-bond donors (Lipinski definition) is 1. The molecule has 0 unspecified atom stereocenters. The van der Waals surface area contributed by atoms with Crippen molar-refractivity contribution < 1.29 is 9.53 Å². The number of halogens is 1. The molecule has 0 spiro atoms. The topological polar surface area (TPSA) is 77.0 Å². The first-order chi connectivity index (χ1) is 13.7. The van der Waals surface area contributed by atoms with E-state index in [9.17, 15) is 4.79 Å². The average Bonchev–Trinajstić information content (AvgIpc) is 2.88. The molecule has 4 rings (SSSR count). The van der Waals surface area contributed by atoms with Gasteiger partial charge < -0.3 is 10.1 Å². The molecule has 28 heavy (non-hydrogen) atoms. The molecule has 0 saturated heterocycles. The Kier molecular flexibility index (Phi) is 5.59. The van der Waals surface area contributed by atoms with Crippen LogP contribution in [0.2, 0.25) is 0 Å². The van der Waals surface area contributed by atoms with Crippen LogP contribution < -0.4 is 10.1 Å². The molecule has 0 aliphatic carbocycles. The molecule has 1 aromatic heterocycles. The van der Waals surface area contributed by atoms with Gasteiger partial charge in [0.2, 0.25) is 23.0 Å². The molecule has 1 N–H and O–H groups in total. The van der Waals surface area contributed by atoms with E-state index in [-0.39, 0.29) is 5.78 Å². The summed E-state index contributed by atoms with van der Waals surface area (Å²) >= 11 is 4.90. The fraction of sp³-hybridized carbons (Fsp3) is 0.200. The fourth-order valence-electron chi connectivity index (χ4n) is 2.79. The van der Waals surface area contributed by atoms with Crippen molar-refractivity contribution in [2.45, 2.75) is 24.7 Å². The zero-order valence-electron chi connectivity index (χ0n) is 15.1. The minimum Gasteiger partial charge on any atom is -0.444 e. The third-order valence-electron chi connectivity index (χ3n) is 4.14.